The zero-order valence-electron chi connectivity index (χ0n) is 12.4. The molecule has 0 aromatic heterocycles. The summed E-state index contributed by atoms with van der Waals surface area (Å²) in [5, 5.41) is 3.40. The van der Waals surface area contributed by atoms with Crippen molar-refractivity contribution < 1.29 is 9.59 Å². The van der Waals surface area contributed by atoms with Crippen molar-refractivity contribution in [2.75, 3.05) is 18.4 Å². The molecule has 0 aliphatic heterocycles. The van der Waals surface area contributed by atoms with Crippen LogP contribution in [-0.2, 0) is 9.59 Å². The van der Waals surface area contributed by atoms with Crippen molar-refractivity contribution in [2.24, 2.45) is 5.92 Å². The van der Waals surface area contributed by atoms with Gasteiger partial charge >= 0.3 is 0 Å². The molecule has 5 heteroatoms. The van der Waals surface area contributed by atoms with Crippen LogP contribution in [0.5, 0.6) is 0 Å². The largest absolute Gasteiger partial charge is 0.333 e. The van der Waals surface area contributed by atoms with Crippen molar-refractivity contribution in [2.45, 2.75) is 27.7 Å². The molecule has 0 spiro atoms. The van der Waals surface area contributed by atoms with E-state index in [1.54, 1.807) is 23.1 Å². The molecule has 0 saturated carbocycles. The van der Waals surface area contributed by atoms with Crippen LogP contribution in [0.2, 0.25) is 5.02 Å². The number of amides is 2. The molecule has 20 heavy (non-hydrogen) atoms. The Kier molecular flexibility index (Phi) is 6.02. The van der Waals surface area contributed by atoms with E-state index in [2.05, 4.69) is 5.32 Å². The predicted molar refractivity (Wildman–Crippen MR) is 81.9 cm³/mol. The van der Waals surface area contributed by atoms with Crippen molar-refractivity contribution in [3.63, 3.8) is 0 Å². The molecule has 0 heterocycles. The van der Waals surface area contributed by atoms with Gasteiger partial charge in [0.25, 0.3) is 0 Å². The molecule has 0 saturated heterocycles. The summed E-state index contributed by atoms with van der Waals surface area (Å²) in [5.41, 5.74) is 1.50. The highest BCUT2D eigenvalue weighted by molar-refractivity contribution is 6.31. The third-order valence-corrected chi connectivity index (χ3v) is 3.32. The number of hydrogen-bond acceptors (Lipinski definition) is 2. The number of carbonyl (C=O) groups is 2. The Morgan fingerprint density at radius 2 is 2.00 bits per heavy atom. The van der Waals surface area contributed by atoms with E-state index in [0.29, 0.717) is 23.2 Å². The van der Waals surface area contributed by atoms with Gasteiger partial charge in [-0.05, 0) is 30.5 Å². The standard InChI is InChI=1S/C15H21ClN2O2/c1-10(2)8-18(12(4)19)9-15(20)17-14-7-5-6-13(16)11(14)3/h5-7,10H,8-9H2,1-4H3,(H,17,20). The second kappa shape index (κ2) is 7.29. The third kappa shape index (κ3) is 4.85. The van der Waals surface area contributed by atoms with Crippen LogP contribution in [0.25, 0.3) is 0 Å². The summed E-state index contributed by atoms with van der Waals surface area (Å²) in [7, 11) is 0. The average molecular weight is 297 g/mol. The summed E-state index contributed by atoms with van der Waals surface area (Å²) < 4.78 is 0. The van der Waals surface area contributed by atoms with Crippen LogP contribution in [0.3, 0.4) is 0 Å². The minimum atomic E-state index is -0.216. The Balaban J connectivity index is 2.71. The van der Waals surface area contributed by atoms with Crippen LogP contribution < -0.4 is 5.32 Å². The van der Waals surface area contributed by atoms with Crippen molar-refractivity contribution in [1.29, 1.82) is 0 Å². The number of nitrogens with one attached hydrogen (secondary N) is 1. The van der Waals surface area contributed by atoms with E-state index >= 15 is 0 Å². The monoisotopic (exact) mass is 296 g/mol. The Hall–Kier alpha value is -1.55. The third-order valence-electron chi connectivity index (χ3n) is 2.91. The smallest absolute Gasteiger partial charge is 0.244 e. The van der Waals surface area contributed by atoms with Crippen molar-refractivity contribution in [3.8, 4) is 0 Å². The number of halogens is 1. The molecule has 0 bridgehead atoms. The number of nitrogens with zero attached hydrogens (tertiary/aromatic N) is 1. The van der Waals surface area contributed by atoms with E-state index in [4.69, 9.17) is 11.6 Å². The first kappa shape index (κ1) is 16.5. The number of anilines is 1. The zero-order valence-corrected chi connectivity index (χ0v) is 13.1. The molecule has 1 aromatic carbocycles. The Labute approximate surface area is 125 Å². The fraction of sp³-hybridized carbons (Fsp3) is 0.467. The van der Waals surface area contributed by atoms with Crippen molar-refractivity contribution in [1.82, 2.24) is 4.90 Å². The summed E-state index contributed by atoms with van der Waals surface area (Å²) in [6.45, 7) is 7.95. The molecular weight excluding hydrogens is 276 g/mol. The van der Waals surface area contributed by atoms with Crippen LogP contribution in [0.1, 0.15) is 26.3 Å². The Bertz CT molecular complexity index is 501. The van der Waals surface area contributed by atoms with E-state index < -0.39 is 0 Å². The summed E-state index contributed by atoms with van der Waals surface area (Å²) >= 11 is 6.01. The summed E-state index contributed by atoms with van der Waals surface area (Å²) in [5.74, 6) is 0.00230. The van der Waals surface area contributed by atoms with E-state index in [-0.39, 0.29) is 18.4 Å². The van der Waals surface area contributed by atoms with E-state index in [1.807, 2.05) is 20.8 Å². The van der Waals surface area contributed by atoms with Gasteiger partial charge in [0.15, 0.2) is 0 Å². The van der Waals surface area contributed by atoms with Gasteiger partial charge in [-0.1, -0.05) is 31.5 Å². The van der Waals surface area contributed by atoms with Gasteiger partial charge in [-0.3, -0.25) is 9.59 Å². The van der Waals surface area contributed by atoms with Gasteiger partial charge in [0, 0.05) is 24.2 Å². The van der Waals surface area contributed by atoms with Crippen molar-refractivity contribution >= 4 is 29.1 Å². The Morgan fingerprint density at radius 1 is 1.35 bits per heavy atom. The summed E-state index contributed by atoms with van der Waals surface area (Å²) in [6.07, 6.45) is 0. The van der Waals surface area contributed by atoms with Crippen LogP contribution in [0, 0.1) is 12.8 Å². The van der Waals surface area contributed by atoms with Crippen LogP contribution in [-0.4, -0.2) is 29.8 Å². The zero-order chi connectivity index (χ0) is 15.3. The minimum absolute atomic E-state index is 0.0550. The average Bonchev–Trinajstić information content (AvgIpc) is 2.33. The highest BCUT2D eigenvalue weighted by Gasteiger charge is 2.15. The lowest BCUT2D eigenvalue weighted by atomic mass is 10.2. The first-order valence-electron chi connectivity index (χ1n) is 6.61. The quantitative estimate of drug-likeness (QED) is 0.908. The summed E-state index contributed by atoms with van der Waals surface area (Å²) in [6, 6.07) is 5.34. The normalized spacial score (nSPS) is 10.5. The minimum Gasteiger partial charge on any atom is -0.333 e. The van der Waals surface area contributed by atoms with Gasteiger partial charge < -0.3 is 10.2 Å². The van der Waals surface area contributed by atoms with Gasteiger partial charge in [0.1, 0.15) is 0 Å². The van der Waals surface area contributed by atoms with Crippen LogP contribution in [0.4, 0.5) is 5.69 Å². The van der Waals surface area contributed by atoms with Crippen molar-refractivity contribution in [3.05, 3.63) is 28.8 Å². The predicted octanol–water partition coefficient (Wildman–Crippen LogP) is 3.09. The number of rotatable bonds is 5. The fourth-order valence-electron chi connectivity index (χ4n) is 1.85. The maximum Gasteiger partial charge on any atom is 0.244 e. The number of benzene rings is 1. The molecule has 1 N–H and O–H groups in total. The number of hydrogen-bond donors (Lipinski definition) is 1. The number of carbonyl (C=O) groups excluding carboxylic acids is 2. The van der Waals surface area contributed by atoms with Crippen LogP contribution >= 0.6 is 11.6 Å². The molecule has 0 aliphatic carbocycles. The lowest BCUT2D eigenvalue weighted by Crippen LogP contribution is -2.38. The molecule has 1 aromatic rings. The van der Waals surface area contributed by atoms with E-state index in [1.165, 1.54) is 6.92 Å². The Morgan fingerprint density at radius 3 is 2.55 bits per heavy atom. The molecule has 0 fully saturated rings. The lowest BCUT2D eigenvalue weighted by Gasteiger charge is -2.22. The SMILES string of the molecule is CC(=O)N(CC(=O)Nc1cccc(Cl)c1C)CC(C)C. The van der Waals surface area contributed by atoms with E-state index in [0.717, 1.165) is 5.56 Å². The molecule has 0 unspecified atom stereocenters. The summed E-state index contributed by atoms with van der Waals surface area (Å²) in [4.78, 5) is 25.1. The molecule has 0 radical (unpaired) electrons. The first-order valence-corrected chi connectivity index (χ1v) is 6.99. The van der Waals surface area contributed by atoms with Gasteiger partial charge in [-0.2, -0.15) is 0 Å². The maximum atomic E-state index is 12.0. The molecule has 110 valence electrons. The van der Waals surface area contributed by atoms with Gasteiger partial charge in [-0.25, -0.2) is 0 Å². The molecule has 1 rings (SSSR count). The van der Waals surface area contributed by atoms with Gasteiger partial charge in [0.2, 0.25) is 11.8 Å². The lowest BCUT2D eigenvalue weighted by molar-refractivity contribution is -0.133. The topological polar surface area (TPSA) is 49.4 Å². The van der Waals surface area contributed by atoms with E-state index in [9.17, 15) is 9.59 Å². The molecule has 4 nitrogen and oxygen atoms in total. The first-order chi connectivity index (χ1) is 9.31. The van der Waals surface area contributed by atoms with Gasteiger partial charge in [-0.15, -0.1) is 0 Å². The fourth-order valence-corrected chi connectivity index (χ4v) is 2.03. The molecule has 0 aliphatic rings. The highest BCUT2D eigenvalue weighted by Crippen LogP contribution is 2.22. The van der Waals surface area contributed by atoms with Crippen LogP contribution in [0.15, 0.2) is 18.2 Å². The second-order valence-electron chi connectivity index (χ2n) is 5.25. The highest BCUT2D eigenvalue weighted by atomic mass is 35.5. The molecular formula is C15H21ClN2O2. The molecule has 0 atom stereocenters. The van der Waals surface area contributed by atoms with Gasteiger partial charge in [0.05, 0.1) is 6.54 Å². The molecule has 2 amide bonds. The maximum absolute atomic E-state index is 12.0. The second-order valence-corrected chi connectivity index (χ2v) is 5.66.